The van der Waals surface area contributed by atoms with Crippen LogP contribution in [-0.2, 0) is 9.53 Å². The Balaban J connectivity index is 1.82. The number of halogens is 1. The average Bonchev–Trinajstić information content (AvgIpc) is 2.65. The number of nitrogens with one attached hydrogen (secondary N) is 1. The Hall–Kier alpha value is -1.98. The molecule has 2 aromatic carbocycles. The highest BCUT2D eigenvalue weighted by molar-refractivity contribution is 7.98. The second kappa shape index (κ2) is 9.49. The van der Waals surface area contributed by atoms with Crippen molar-refractivity contribution >= 4 is 35.2 Å². The van der Waals surface area contributed by atoms with E-state index in [1.165, 1.54) is 11.8 Å². The van der Waals surface area contributed by atoms with Crippen LogP contribution in [-0.4, -0.2) is 31.3 Å². The van der Waals surface area contributed by atoms with Gasteiger partial charge < -0.3 is 10.1 Å². The molecule has 2 rings (SSSR count). The maximum absolute atomic E-state index is 12.1. The van der Waals surface area contributed by atoms with Crippen LogP contribution in [0.4, 0.5) is 0 Å². The maximum atomic E-state index is 12.1. The summed E-state index contributed by atoms with van der Waals surface area (Å²) in [6.07, 6.45) is 1.90. The molecular weight excluding hydrogens is 358 g/mol. The van der Waals surface area contributed by atoms with Crippen LogP contribution >= 0.6 is 23.4 Å². The van der Waals surface area contributed by atoms with E-state index < -0.39 is 5.97 Å². The molecule has 1 atom stereocenters. The molecule has 0 spiro atoms. The van der Waals surface area contributed by atoms with Gasteiger partial charge in [-0.15, -0.1) is 11.8 Å². The zero-order valence-corrected chi connectivity index (χ0v) is 15.7. The highest BCUT2D eigenvalue weighted by atomic mass is 35.5. The SMILES string of the molecule is CSc1ccc(Cl)c(C(=O)OCC(=O)NC[C@H](C)c2ccccc2)c1. The van der Waals surface area contributed by atoms with E-state index in [4.69, 9.17) is 16.3 Å². The number of amides is 1. The summed E-state index contributed by atoms with van der Waals surface area (Å²) >= 11 is 7.52. The Bertz CT molecular complexity index is 737. The number of thioether (sulfide) groups is 1. The summed E-state index contributed by atoms with van der Waals surface area (Å²) in [4.78, 5) is 24.9. The summed E-state index contributed by atoms with van der Waals surface area (Å²) in [7, 11) is 0. The molecule has 0 bridgehead atoms. The molecule has 0 saturated carbocycles. The van der Waals surface area contributed by atoms with Crippen molar-refractivity contribution in [1.82, 2.24) is 5.32 Å². The number of carbonyl (C=O) groups excluding carboxylic acids is 2. The van der Waals surface area contributed by atoms with E-state index in [1.54, 1.807) is 12.1 Å². The molecule has 0 saturated heterocycles. The van der Waals surface area contributed by atoms with Crippen LogP contribution in [0.2, 0.25) is 5.02 Å². The van der Waals surface area contributed by atoms with Gasteiger partial charge in [0.15, 0.2) is 6.61 Å². The third-order valence-electron chi connectivity index (χ3n) is 3.70. The van der Waals surface area contributed by atoms with Crippen molar-refractivity contribution in [2.24, 2.45) is 0 Å². The lowest BCUT2D eigenvalue weighted by Gasteiger charge is -2.13. The van der Waals surface area contributed by atoms with Gasteiger partial charge in [0.05, 0.1) is 10.6 Å². The molecule has 25 heavy (non-hydrogen) atoms. The van der Waals surface area contributed by atoms with Crippen LogP contribution < -0.4 is 5.32 Å². The lowest BCUT2D eigenvalue weighted by atomic mass is 10.0. The first-order valence-electron chi connectivity index (χ1n) is 7.83. The minimum Gasteiger partial charge on any atom is -0.452 e. The predicted molar refractivity (Wildman–Crippen MR) is 101 cm³/mol. The van der Waals surface area contributed by atoms with Gasteiger partial charge in [-0.25, -0.2) is 4.79 Å². The molecule has 1 amide bonds. The van der Waals surface area contributed by atoms with Crippen molar-refractivity contribution < 1.29 is 14.3 Å². The van der Waals surface area contributed by atoms with E-state index >= 15 is 0 Å². The summed E-state index contributed by atoms with van der Waals surface area (Å²) in [5, 5.41) is 3.08. The second-order valence-electron chi connectivity index (χ2n) is 5.54. The van der Waals surface area contributed by atoms with Gasteiger partial charge in [0, 0.05) is 11.4 Å². The quantitative estimate of drug-likeness (QED) is 0.582. The smallest absolute Gasteiger partial charge is 0.340 e. The molecule has 0 fully saturated rings. The van der Waals surface area contributed by atoms with Crippen molar-refractivity contribution in [3.63, 3.8) is 0 Å². The summed E-state index contributed by atoms with van der Waals surface area (Å²) < 4.78 is 5.06. The van der Waals surface area contributed by atoms with Crippen molar-refractivity contribution in [2.45, 2.75) is 17.7 Å². The van der Waals surface area contributed by atoms with E-state index in [-0.39, 0.29) is 24.0 Å². The number of benzene rings is 2. The summed E-state index contributed by atoms with van der Waals surface area (Å²) in [5.74, 6) is -0.769. The molecule has 1 N–H and O–H groups in total. The molecule has 0 radical (unpaired) electrons. The van der Waals surface area contributed by atoms with Gasteiger partial charge in [0.25, 0.3) is 5.91 Å². The van der Waals surface area contributed by atoms with Crippen LogP contribution in [0.1, 0.15) is 28.8 Å². The fourth-order valence-electron chi connectivity index (χ4n) is 2.21. The molecule has 6 heteroatoms. The second-order valence-corrected chi connectivity index (χ2v) is 6.82. The number of hydrogen-bond donors (Lipinski definition) is 1. The summed E-state index contributed by atoms with van der Waals surface area (Å²) in [6, 6.07) is 15.0. The van der Waals surface area contributed by atoms with E-state index in [2.05, 4.69) is 5.32 Å². The Kier molecular flexibility index (Phi) is 7.34. The van der Waals surface area contributed by atoms with Crippen LogP contribution in [0, 0.1) is 0 Å². The summed E-state index contributed by atoms with van der Waals surface area (Å²) in [6.45, 7) is 2.17. The fourth-order valence-corrected chi connectivity index (χ4v) is 2.85. The molecule has 0 unspecified atom stereocenters. The molecule has 0 aliphatic carbocycles. The zero-order chi connectivity index (χ0) is 18.2. The average molecular weight is 378 g/mol. The topological polar surface area (TPSA) is 55.4 Å². The Morgan fingerprint density at radius 2 is 1.92 bits per heavy atom. The standard InChI is InChI=1S/C19H20ClNO3S/c1-13(14-6-4-3-5-7-14)11-21-18(22)12-24-19(23)16-10-15(25-2)8-9-17(16)20/h3-10,13H,11-12H2,1-2H3,(H,21,22)/t13-/m0/s1. The summed E-state index contributed by atoms with van der Waals surface area (Å²) in [5.41, 5.74) is 1.40. The van der Waals surface area contributed by atoms with E-state index in [1.807, 2.05) is 49.6 Å². The van der Waals surface area contributed by atoms with Crippen molar-refractivity contribution in [2.75, 3.05) is 19.4 Å². The van der Waals surface area contributed by atoms with Crippen molar-refractivity contribution in [3.8, 4) is 0 Å². The molecule has 132 valence electrons. The van der Waals surface area contributed by atoms with Crippen LogP contribution in [0.15, 0.2) is 53.4 Å². The van der Waals surface area contributed by atoms with Gasteiger partial charge in [-0.05, 0) is 35.9 Å². The highest BCUT2D eigenvalue weighted by Gasteiger charge is 2.15. The number of hydrogen-bond acceptors (Lipinski definition) is 4. The Labute approximate surface area is 156 Å². The molecule has 0 aliphatic heterocycles. The molecule has 0 heterocycles. The zero-order valence-electron chi connectivity index (χ0n) is 14.1. The predicted octanol–water partition coefficient (Wildman–Crippen LogP) is 4.14. The third kappa shape index (κ3) is 5.80. The van der Waals surface area contributed by atoms with E-state index in [0.29, 0.717) is 11.6 Å². The number of ether oxygens (including phenoxy) is 1. The van der Waals surface area contributed by atoms with Crippen LogP contribution in [0.25, 0.3) is 0 Å². The molecule has 0 aromatic heterocycles. The molecular formula is C19H20ClNO3S. The number of esters is 1. The van der Waals surface area contributed by atoms with Crippen molar-refractivity contribution in [1.29, 1.82) is 0 Å². The normalized spacial score (nSPS) is 11.6. The monoisotopic (exact) mass is 377 g/mol. The minimum atomic E-state index is -0.604. The van der Waals surface area contributed by atoms with E-state index in [0.717, 1.165) is 10.5 Å². The first kappa shape index (κ1) is 19.3. The van der Waals surface area contributed by atoms with Crippen LogP contribution in [0.3, 0.4) is 0 Å². The Morgan fingerprint density at radius 1 is 1.20 bits per heavy atom. The van der Waals surface area contributed by atoms with Gasteiger partial charge in [0.1, 0.15) is 0 Å². The number of carbonyl (C=O) groups is 2. The van der Waals surface area contributed by atoms with Gasteiger partial charge in [-0.1, -0.05) is 48.9 Å². The lowest BCUT2D eigenvalue weighted by Crippen LogP contribution is -2.31. The highest BCUT2D eigenvalue weighted by Crippen LogP contribution is 2.23. The van der Waals surface area contributed by atoms with Crippen molar-refractivity contribution in [3.05, 3.63) is 64.7 Å². The fraction of sp³-hybridized carbons (Fsp3) is 0.263. The Morgan fingerprint density at radius 3 is 2.60 bits per heavy atom. The first-order chi connectivity index (χ1) is 12.0. The van der Waals surface area contributed by atoms with E-state index in [9.17, 15) is 9.59 Å². The largest absolute Gasteiger partial charge is 0.452 e. The lowest BCUT2D eigenvalue weighted by molar-refractivity contribution is -0.124. The van der Waals surface area contributed by atoms with Gasteiger partial charge in [0.2, 0.25) is 0 Å². The molecule has 0 aliphatic rings. The van der Waals surface area contributed by atoms with Gasteiger partial charge in [-0.3, -0.25) is 4.79 Å². The maximum Gasteiger partial charge on any atom is 0.340 e. The number of rotatable bonds is 7. The third-order valence-corrected chi connectivity index (χ3v) is 4.76. The first-order valence-corrected chi connectivity index (χ1v) is 9.44. The van der Waals surface area contributed by atoms with Crippen LogP contribution in [0.5, 0.6) is 0 Å². The minimum absolute atomic E-state index is 0.175. The molecule has 4 nitrogen and oxygen atoms in total. The van der Waals surface area contributed by atoms with Gasteiger partial charge in [-0.2, -0.15) is 0 Å². The van der Waals surface area contributed by atoms with Gasteiger partial charge >= 0.3 is 5.97 Å². The molecule has 2 aromatic rings.